The van der Waals surface area contributed by atoms with Gasteiger partial charge in [0.25, 0.3) is 5.91 Å². The first-order valence-electron chi connectivity index (χ1n) is 6.28. The minimum absolute atomic E-state index is 0.0850. The van der Waals surface area contributed by atoms with Crippen LogP contribution < -0.4 is 19.5 Å². The van der Waals surface area contributed by atoms with Gasteiger partial charge in [0.1, 0.15) is 11.5 Å². The Hall–Kier alpha value is -2.76. The Labute approximate surface area is 122 Å². The van der Waals surface area contributed by atoms with E-state index in [-0.39, 0.29) is 12.5 Å². The van der Waals surface area contributed by atoms with E-state index in [1.165, 1.54) is 13.3 Å². The molecule has 0 unspecified atom stereocenters. The normalized spacial score (nSPS) is 9.81. The summed E-state index contributed by atoms with van der Waals surface area (Å²) in [7, 11) is 3.12. The molecule has 0 atom stereocenters. The molecule has 1 aromatic heterocycles. The second-order valence-electron chi connectivity index (χ2n) is 4.10. The summed E-state index contributed by atoms with van der Waals surface area (Å²) >= 11 is 0. The van der Waals surface area contributed by atoms with E-state index >= 15 is 0 Å². The first-order chi connectivity index (χ1) is 10.2. The van der Waals surface area contributed by atoms with Crippen molar-refractivity contribution in [3.63, 3.8) is 0 Å². The lowest BCUT2D eigenvalue weighted by molar-refractivity contribution is -0.118. The van der Waals surface area contributed by atoms with E-state index in [1.54, 1.807) is 43.5 Å². The summed E-state index contributed by atoms with van der Waals surface area (Å²) < 4.78 is 15.4. The minimum Gasteiger partial charge on any atom is -0.497 e. The number of benzene rings is 1. The Balaban J connectivity index is 1.83. The molecule has 6 nitrogen and oxygen atoms in total. The van der Waals surface area contributed by atoms with Crippen molar-refractivity contribution in [1.29, 1.82) is 0 Å². The smallest absolute Gasteiger partial charge is 0.262 e. The van der Waals surface area contributed by atoms with Gasteiger partial charge in [-0.15, -0.1) is 0 Å². The molecule has 1 N–H and O–H groups in total. The fourth-order valence-electron chi connectivity index (χ4n) is 1.59. The molecule has 21 heavy (non-hydrogen) atoms. The monoisotopic (exact) mass is 288 g/mol. The van der Waals surface area contributed by atoms with Gasteiger partial charge < -0.3 is 19.5 Å². The van der Waals surface area contributed by atoms with Crippen LogP contribution >= 0.6 is 0 Å². The standard InChI is InChI=1S/C15H16N2O4/c1-19-12-4-6-13(7-5-12)21-10-14(18)17-11-3-8-15(20-2)16-9-11/h3-9H,10H2,1-2H3,(H,17,18). The molecule has 0 saturated heterocycles. The first-order valence-corrected chi connectivity index (χ1v) is 6.28. The molecule has 6 heteroatoms. The number of rotatable bonds is 6. The van der Waals surface area contributed by atoms with Crippen LogP contribution in [-0.4, -0.2) is 31.7 Å². The zero-order chi connectivity index (χ0) is 15.1. The number of nitrogens with zero attached hydrogens (tertiary/aromatic N) is 1. The van der Waals surface area contributed by atoms with E-state index in [0.717, 1.165) is 5.75 Å². The van der Waals surface area contributed by atoms with Crippen molar-refractivity contribution in [2.45, 2.75) is 0 Å². The molecule has 0 aliphatic carbocycles. The van der Waals surface area contributed by atoms with Gasteiger partial charge in [0.2, 0.25) is 5.88 Å². The number of pyridine rings is 1. The summed E-state index contributed by atoms with van der Waals surface area (Å²) in [5.74, 6) is 1.55. The summed E-state index contributed by atoms with van der Waals surface area (Å²) in [6, 6.07) is 10.4. The molecule has 0 aliphatic rings. The van der Waals surface area contributed by atoms with Crippen molar-refractivity contribution in [2.24, 2.45) is 0 Å². The maximum atomic E-state index is 11.7. The number of anilines is 1. The van der Waals surface area contributed by atoms with Crippen LogP contribution in [0.5, 0.6) is 17.4 Å². The van der Waals surface area contributed by atoms with Gasteiger partial charge >= 0.3 is 0 Å². The maximum absolute atomic E-state index is 11.7. The predicted molar refractivity (Wildman–Crippen MR) is 77.9 cm³/mol. The van der Waals surface area contributed by atoms with Gasteiger partial charge in [-0.1, -0.05) is 0 Å². The highest BCUT2D eigenvalue weighted by molar-refractivity contribution is 5.91. The Morgan fingerprint density at radius 2 is 1.76 bits per heavy atom. The maximum Gasteiger partial charge on any atom is 0.262 e. The second kappa shape index (κ2) is 7.14. The molecular formula is C15H16N2O4. The number of ether oxygens (including phenoxy) is 3. The Morgan fingerprint density at radius 1 is 1.05 bits per heavy atom. The summed E-state index contributed by atoms with van der Waals surface area (Å²) in [6.45, 7) is -0.0850. The molecule has 0 fully saturated rings. The Morgan fingerprint density at radius 3 is 2.33 bits per heavy atom. The third-order valence-corrected chi connectivity index (χ3v) is 2.66. The van der Waals surface area contributed by atoms with Crippen LogP contribution in [0.3, 0.4) is 0 Å². The van der Waals surface area contributed by atoms with Crippen LogP contribution in [0.2, 0.25) is 0 Å². The van der Waals surface area contributed by atoms with E-state index in [2.05, 4.69) is 10.3 Å². The van der Waals surface area contributed by atoms with Crippen LogP contribution in [0, 0.1) is 0 Å². The van der Waals surface area contributed by atoms with Gasteiger partial charge in [-0.05, 0) is 30.3 Å². The van der Waals surface area contributed by atoms with Crippen LogP contribution in [-0.2, 0) is 4.79 Å². The van der Waals surface area contributed by atoms with Gasteiger partial charge in [-0.3, -0.25) is 4.79 Å². The number of aromatic nitrogens is 1. The minimum atomic E-state index is -0.266. The van der Waals surface area contributed by atoms with Crippen LogP contribution in [0.25, 0.3) is 0 Å². The van der Waals surface area contributed by atoms with Crippen molar-refractivity contribution < 1.29 is 19.0 Å². The molecule has 2 aromatic rings. The summed E-state index contributed by atoms with van der Waals surface area (Å²) in [6.07, 6.45) is 1.52. The molecule has 0 spiro atoms. The number of methoxy groups -OCH3 is 2. The average molecular weight is 288 g/mol. The lowest BCUT2D eigenvalue weighted by atomic mass is 10.3. The van der Waals surface area contributed by atoms with Gasteiger partial charge in [0.05, 0.1) is 26.1 Å². The molecule has 0 bridgehead atoms. The molecule has 2 rings (SSSR count). The summed E-state index contributed by atoms with van der Waals surface area (Å²) in [4.78, 5) is 15.7. The summed E-state index contributed by atoms with van der Waals surface area (Å²) in [5, 5.41) is 2.68. The third-order valence-electron chi connectivity index (χ3n) is 2.66. The number of hydrogen-bond acceptors (Lipinski definition) is 5. The van der Waals surface area contributed by atoms with Crippen molar-refractivity contribution in [2.75, 3.05) is 26.1 Å². The van der Waals surface area contributed by atoms with E-state index in [0.29, 0.717) is 17.3 Å². The van der Waals surface area contributed by atoms with Gasteiger partial charge in [0, 0.05) is 6.07 Å². The molecule has 0 saturated carbocycles. The van der Waals surface area contributed by atoms with E-state index in [1.807, 2.05) is 0 Å². The number of nitrogens with one attached hydrogen (secondary N) is 1. The van der Waals surface area contributed by atoms with E-state index in [9.17, 15) is 4.79 Å². The van der Waals surface area contributed by atoms with Crippen molar-refractivity contribution >= 4 is 11.6 Å². The van der Waals surface area contributed by atoms with Crippen LogP contribution in [0.4, 0.5) is 5.69 Å². The molecule has 1 heterocycles. The van der Waals surface area contributed by atoms with Crippen molar-refractivity contribution in [3.05, 3.63) is 42.6 Å². The largest absolute Gasteiger partial charge is 0.497 e. The van der Waals surface area contributed by atoms with Gasteiger partial charge in [-0.25, -0.2) is 4.98 Å². The highest BCUT2D eigenvalue weighted by atomic mass is 16.5. The lowest BCUT2D eigenvalue weighted by Gasteiger charge is -2.08. The molecular weight excluding hydrogens is 272 g/mol. The molecule has 0 radical (unpaired) electrons. The SMILES string of the molecule is COc1ccc(OCC(=O)Nc2ccc(OC)nc2)cc1. The first kappa shape index (κ1) is 14.6. The molecule has 1 amide bonds. The quantitative estimate of drug-likeness (QED) is 0.881. The predicted octanol–water partition coefficient (Wildman–Crippen LogP) is 2.12. The Kier molecular flexibility index (Phi) is 4.98. The average Bonchev–Trinajstić information content (AvgIpc) is 2.54. The van der Waals surface area contributed by atoms with E-state index in [4.69, 9.17) is 14.2 Å². The number of carbonyl (C=O) groups is 1. The van der Waals surface area contributed by atoms with Gasteiger partial charge in [-0.2, -0.15) is 0 Å². The van der Waals surface area contributed by atoms with Crippen molar-refractivity contribution in [1.82, 2.24) is 4.98 Å². The Bertz CT molecular complexity index is 582. The van der Waals surface area contributed by atoms with Gasteiger partial charge in [0.15, 0.2) is 6.61 Å². The highest BCUT2D eigenvalue weighted by Gasteiger charge is 2.04. The number of amides is 1. The van der Waals surface area contributed by atoms with Crippen LogP contribution in [0.15, 0.2) is 42.6 Å². The topological polar surface area (TPSA) is 69.7 Å². The zero-order valence-corrected chi connectivity index (χ0v) is 11.8. The van der Waals surface area contributed by atoms with Crippen LogP contribution in [0.1, 0.15) is 0 Å². The lowest BCUT2D eigenvalue weighted by Crippen LogP contribution is -2.20. The van der Waals surface area contributed by atoms with Crippen molar-refractivity contribution in [3.8, 4) is 17.4 Å². The molecule has 1 aromatic carbocycles. The second-order valence-corrected chi connectivity index (χ2v) is 4.10. The number of hydrogen-bond donors (Lipinski definition) is 1. The molecule has 0 aliphatic heterocycles. The zero-order valence-electron chi connectivity index (χ0n) is 11.8. The van der Waals surface area contributed by atoms with E-state index < -0.39 is 0 Å². The summed E-state index contributed by atoms with van der Waals surface area (Å²) in [5.41, 5.74) is 0.583. The third kappa shape index (κ3) is 4.38. The fourth-order valence-corrected chi connectivity index (χ4v) is 1.59. The fraction of sp³-hybridized carbons (Fsp3) is 0.200. The number of carbonyl (C=O) groups excluding carboxylic acids is 1. The molecule has 110 valence electrons. The highest BCUT2D eigenvalue weighted by Crippen LogP contribution is 2.17.